The first-order valence-electron chi connectivity index (χ1n) is 7.92. The number of rotatable bonds is 2. The maximum atomic E-state index is 12.7. The van der Waals surface area contributed by atoms with Gasteiger partial charge in [0, 0.05) is 38.3 Å². The molecule has 24 heavy (non-hydrogen) atoms. The number of nitrogens with zero attached hydrogens (tertiary/aromatic N) is 5. The molecular formula is C17H21N5O2. The normalized spacial score (nSPS) is 18.2. The molecule has 2 heterocycles. The van der Waals surface area contributed by atoms with Crippen molar-refractivity contribution in [3.63, 3.8) is 0 Å². The Kier molecular flexibility index (Phi) is 4.09. The monoisotopic (exact) mass is 327 g/mol. The van der Waals surface area contributed by atoms with Crippen LogP contribution >= 0.6 is 0 Å². The fourth-order valence-corrected chi connectivity index (χ4v) is 2.80. The van der Waals surface area contributed by atoms with E-state index in [0.717, 1.165) is 11.4 Å². The Morgan fingerprint density at radius 3 is 2.42 bits per heavy atom. The predicted molar refractivity (Wildman–Crippen MR) is 89.3 cm³/mol. The first-order valence-corrected chi connectivity index (χ1v) is 7.92. The maximum absolute atomic E-state index is 12.7. The molecule has 0 aliphatic carbocycles. The van der Waals surface area contributed by atoms with Gasteiger partial charge in [0.15, 0.2) is 5.82 Å². The van der Waals surface area contributed by atoms with Crippen molar-refractivity contribution in [2.24, 2.45) is 7.05 Å². The van der Waals surface area contributed by atoms with E-state index in [9.17, 15) is 9.59 Å². The summed E-state index contributed by atoms with van der Waals surface area (Å²) < 4.78 is 1.71. The van der Waals surface area contributed by atoms with Crippen molar-refractivity contribution < 1.29 is 9.59 Å². The third-order valence-electron chi connectivity index (χ3n) is 4.51. The van der Waals surface area contributed by atoms with Gasteiger partial charge in [-0.05, 0) is 26.0 Å². The summed E-state index contributed by atoms with van der Waals surface area (Å²) in [4.78, 5) is 32.4. The molecule has 0 saturated carbocycles. The van der Waals surface area contributed by atoms with Crippen LogP contribution < -0.4 is 0 Å². The van der Waals surface area contributed by atoms with E-state index in [1.54, 1.807) is 40.6 Å². The van der Waals surface area contributed by atoms with E-state index in [4.69, 9.17) is 0 Å². The van der Waals surface area contributed by atoms with E-state index < -0.39 is 6.04 Å². The maximum Gasteiger partial charge on any atom is 0.254 e. The van der Waals surface area contributed by atoms with Gasteiger partial charge in [-0.1, -0.05) is 12.1 Å². The Bertz CT molecular complexity index is 761. The first kappa shape index (κ1) is 16.2. The average molecular weight is 327 g/mol. The van der Waals surface area contributed by atoms with Gasteiger partial charge in [0.05, 0.1) is 0 Å². The number of hydrogen-bond donors (Lipinski definition) is 0. The van der Waals surface area contributed by atoms with Crippen molar-refractivity contribution in [3.8, 4) is 11.4 Å². The second kappa shape index (κ2) is 6.07. The van der Waals surface area contributed by atoms with E-state index in [1.165, 1.54) is 0 Å². The van der Waals surface area contributed by atoms with Gasteiger partial charge in [0.1, 0.15) is 11.9 Å². The standard InChI is InChI=1S/C17H21N5O2/c1-11-16(23)20(3)9-10-22(11)17(24)14-7-5-13(6-8-14)15-18-12(2)21(4)19-15/h5-8,11H,9-10H2,1-4H3. The molecule has 7 nitrogen and oxygen atoms in total. The van der Waals surface area contributed by atoms with E-state index in [2.05, 4.69) is 10.1 Å². The van der Waals surface area contributed by atoms with Crippen LogP contribution in [-0.4, -0.2) is 62.6 Å². The van der Waals surface area contributed by atoms with E-state index in [-0.39, 0.29) is 11.8 Å². The van der Waals surface area contributed by atoms with Crippen LogP contribution in [0, 0.1) is 6.92 Å². The van der Waals surface area contributed by atoms with Crippen molar-refractivity contribution in [2.75, 3.05) is 20.1 Å². The lowest BCUT2D eigenvalue weighted by Gasteiger charge is -2.37. The Labute approximate surface area is 140 Å². The molecule has 0 bridgehead atoms. The number of piperazine rings is 1. The van der Waals surface area contributed by atoms with E-state index in [0.29, 0.717) is 24.5 Å². The zero-order valence-electron chi connectivity index (χ0n) is 14.4. The van der Waals surface area contributed by atoms with Gasteiger partial charge < -0.3 is 9.80 Å². The Balaban J connectivity index is 1.80. The van der Waals surface area contributed by atoms with Gasteiger partial charge in [-0.15, -0.1) is 0 Å². The lowest BCUT2D eigenvalue weighted by atomic mass is 10.1. The van der Waals surface area contributed by atoms with Gasteiger partial charge in [-0.3, -0.25) is 14.3 Å². The number of amides is 2. The summed E-state index contributed by atoms with van der Waals surface area (Å²) in [7, 11) is 3.60. The second-order valence-corrected chi connectivity index (χ2v) is 6.12. The predicted octanol–water partition coefficient (Wildman–Crippen LogP) is 1.09. The fourth-order valence-electron chi connectivity index (χ4n) is 2.80. The smallest absolute Gasteiger partial charge is 0.254 e. The van der Waals surface area contributed by atoms with Crippen LogP contribution in [0.1, 0.15) is 23.1 Å². The number of benzene rings is 1. The largest absolute Gasteiger partial charge is 0.342 e. The van der Waals surface area contributed by atoms with E-state index in [1.807, 2.05) is 26.1 Å². The summed E-state index contributed by atoms with van der Waals surface area (Å²) in [5, 5.41) is 4.34. The third-order valence-corrected chi connectivity index (χ3v) is 4.51. The number of carbonyl (C=O) groups excluding carboxylic acids is 2. The molecule has 1 saturated heterocycles. The summed E-state index contributed by atoms with van der Waals surface area (Å²) in [6.07, 6.45) is 0. The second-order valence-electron chi connectivity index (χ2n) is 6.12. The van der Waals surface area contributed by atoms with Crippen LogP contribution in [0.5, 0.6) is 0 Å². The summed E-state index contributed by atoms with van der Waals surface area (Å²) in [6.45, 7) is 4.76. The van der Waals surface area contributed by atoms with Gasteiger partial charge in [-0.25, -0.2) is 4.98 Å². The molecule has 0 N–H and O–H groups in total. The highest BCUT2D eigenvalue weighted by Crippen LogP contribution is 2.19. The average Bonchev–Trinajstić information content (AvgIpc) is 2.91. The van der Waals surface area contributed by atoms with Crippen molar-refractivity contribution >= 4 is 11.8 Å². The number of hydrogen-bond acceptors (Lipinski definition) is 4. The van der Waals surface area contributed by atoms with Crippen LogP contribution in [0.2, 0.25) is 0 Å². The molecule has 0 spiro atoms. The SMILES string of the molecule is Cc1nc(-c2ccc(C(=O)N3CCN(C)C(=O)C3C)cc2)nn1C. The van der Waals surface area contributed by atoms with Crippen LogP contribution in [-0.2, 0) is 11.8 Å². The van der Waals surface area contributed by atoms with Crippen LogP contribution in [0.15, 0.2) is 24.3 Å². The zero-order chi connectivity index (χ0) is 17.4. The minimum atomic E-state index is -0.434. The highest BCUT2D eigenvalue weighted by Gasteiger charge is 2.32. The molecule has 1 unspecified atom stereocenters. The molecule has 2 aromatic rings. The van der Waals surface area contributed by atoms with Crippen LogP contribution in [0.3, 0.4) is 0 Å². The zero-order valence-corrected chi connectivity index (χ0v) is 14.4. The van der Waals surface area contributed by atoms with Crippen molar-refractivity contribution in [2.45, 2.75) is 19.9 Å². The van der Waals surface area contributed by atoms with E-state index >= 15 is 0 Å². The number of likely N-dealkylation sites (N-methyl/N-ethyl adjacent to an activating group) is 1. The molecule has 1 aliphatic heterocycles. The van der Waals surface area contributed by atoms with Crippen LogP contribution in [0.25, 0.3) is 11.4 Å². The van der Waals surface area contributed by atoms with Crippen LogP contribution in [0.4, 0.5) is 0 Å². The van der Waals surface area contributed by atoms with Gasteiger partial charge in [-0.2, -0.15) is 5.10 Å². The quantitative estimate of drug-likeness (QED) is 0.828. The minimum absolute atomic E-state index is 0.0284. The molecule has 2 amide bonds. The lowest BCUT2D eigenvalue weighted by Crippen LogP contribution is -2.56. The summed E-state index contributed by atoms with van der Waals surface area (Å²) in [5.41, 5.74) is 1.42. The Morgan fingerprint density at radius 2 is 1.83 bits per heavy atom. The summed E-state index contributed by atoms with van der Waals surface area (Å²) >= 11 is 0. The third kappa shape index (κ3) is 2.77. The Morgan fingerprint density at radius 1 is 1.17 bits per heavy atom. The van der Waals surface area contributed by atoms with Crippen molar-refractivity contribution in [1.82, 2.24) is 24.6 Å². The lowest BCUT2D eigenvalue weighted by molar-refractivity contribution is -0.137. The number of aryl methyl sites for hydroxylation is 2. The number of carbonyl (C=O) groups is 2. The number of aromatic nitrogens is 3. The summed E-state index contributed by atoms with van der Waals surface area (Å²) in [5.74, 6) is 1.31. The molecule has 1 fully saturated rings. The van der Waals surface area contributed by atoms with Gasteiger partial charge in [0.25, 0.3) is 5.91 Å². The minimum Gasteiger partial charge on any atom is -0.342 e. The summed E-state index contributed by atoms with van der Waals surface area (Å²) in [6, 6.07) is 6.77. The topological polar surface area (TPSA) is 71.3 Å². The Hall–Kier alpha value is -2.70. The molecule has 1 aromatic carbocycles. The van der Waals surface area contributed by atoms with Crippen molar-refractivity contribution in [3.05, 3.63) is 35.7 Å². The first-order chi connectivity index (χ1) is 11.4. The highest BCUT2D eigenvalue weighted by molar-refractivity contribution is 5.98. The fraction of sp³-hybridized carbons (Fsp3) is 0.412. The molecule has 126 valence electrons. The molecule has 1 aliphatic rings. The molecule has 1 aromatic heterocycles. The molecule has 3 rings (SSSR count). The van der Waals surface area contributed by atoms with Crippen molar-refractivity contribution in [1.29, 1.82) is 0 Å². The van der Waals surface area contributed by atoms with Gasteiger partial charge >= 0.3 is 0 Å². The highest BCUT2D eigenvalue weighted by atomic mass is 16.2. The molecular weight excluding hydrogens is 306 g/mol. The molecule has 1 atom stereocenters. The van der Waals surface area contributed by atoms with Gasteiger partial charge in [0.2, 0.25) is 5.91 Å². The molecule has 7 heteroatoms. The molecule has 0 radical (unpaired) electrons.